The van der Waals surface area contributed by atoms with Gasteiger partial charge in [0.1, 0.15) is 0 Å². The van der Waals surface area contributed by atoms with Crippen LogP contribution in [0.3, 0.4) is 0 Å². The molecule has 1 rings (SSSR count). The Hall–Kier alpha value is -0.440. The molecule has 4 heteroatoms. The van der Waals surface area contributed by atoms with E-state index in [0.717, 1.165) is 12.8 Å². The summed E-state index contributed by atoms with van der Waals surface area (Å²) in [5.41, 5.74) is 10.1. The largest absolute Gasteiger partial charge is 0.370 e. The molecule has 0 bridgehead atoms. The van der Waals surface area contributed by atoms with Crippen LogP contribution in [0.4, 0.5) is 0 Å². The van der Waals surface area contributed by atoms with Gasteiger partial charge in [0.15, 0.2) is 5.96 Å². The maximum atomic E-state index is 5.06. The van der Waals surface area contributed by atoms with E-state index >= 15 is 0 Å². The van der Waals surface area contributed by atoms with Crippen LogP contribution in [0.15, 0.2) is 4.99 Å². The van der Waals surface area contributed by atoms with Crippen LogP contribution in [0, 0.1) is 0 Å². The molecule has 1 aliphatic carbocycles. The van der Waals surface area contributed by atoms with Crippen LogP contribution in [0.1, 0.15) is 12.8 Å². The van der Waals surface area contributed by atoms with Gasteiger partial charge in [0.05, 0.1) is 6.04 Å². The van der Waals surface area contributed by atoms with Crippen LogP contribution in [0.25, 0.3) is 0 Å². The van der Waals surface area contributed by atoms with E-state index in [1.54, 1.807) is 0 Å². The van der Waals surface area contributed by atoms with Crippen molar-refractivity contribution < 1.29 is 0 Å². The first-order valence-corrected chi connectivity index (χ1v) is 2.38. The van der Waals surface area contributed by atoms with Gasteiger partial charge in [0.2, 0.25) is 0 Å². The molecule has 0 aromatic rings. The van der Waals surface area contributed by atoms with Gasteiger partial charge in [-0.25, -0.2) is 0 Å². The minimum Gasteiger partial charge on any atom is -0.370 e. The van der Waals surface area contributed by atoms with E-state index in [1.807, 2.05) is 0 Å². The summed E-state index contributed by atoms with van der Waals surface area (Å²) in [6.07, 6.45) is 2.33. The molecule has 0 amide bonds. The number of nitrogens with two attached hydrogens (primary N) is 2. The Balaban J connectivity index is 0.000000490. The minimum atomic E-state index is 0. The molecule has 3 nitrogen and oxygen atoms in total. The van der Waals surface area contributed by atoms with Gasteiger partial charge in [-0.2, -0.15) is 0 Å². The molecule has 0 radical (unpaired) electrons. The van der Waals surface area contributed by atoms with Crippen molar-refractivity contribution in [1.29, 1.82) is 0 Å². The zero-order chi connectivity index (χ0) is 5.28. The second kappa shape index (κ2) is 2.77. The first kappa shape index (κ1) is 7.56. The van der Waals surface area contributed by atoms with Crippen molar-refractivity contribution >= 4 is 18.4 Å². The molecule has 1 saturated carbocycles. The van der Waals surface area contributed by atoms with Crippen molar-refractivity contribution in [3.8, 4) is 0 Å². The lowest BCUT2D eigenvalue weighted by molar-refractivity contribution is 1.05. The van der Waals surface area contributed by atoms with Crippen molar-refractivity contribution in [2.75, 3.05) is 0 Å². The van der Waals surface area contributed by atoms with Gasteiger partial charge in [0.25, 0.3) is 0 Å². The lowest BCUT2D eigenvalue weighted by Crippen LogP contribution is -2.23. The summed E-state index contributed by atoms with van der Waals surface area (Å²) in [6, 6.07) is 0.463. The zero-order valence-electron chi connectivity index (χ0n) is 4.50. The van der Waals surface area contributed by atoms with Crippen molar-refractivity contribution in [1.82, 2.24) is 0 Å². The van der Waals surface area contributed by atoms with Crippen molar-refractivity contribution in [3.05, 3.63) is 0 Å². The molecule has 0 aromatic carbocycles. The lowest BCUT2D eigenvalue weighted by atomic mass is 10.7. The highest BCUT2D eigenvalue weighted by Crippen LogP contribution is 2.22. The number of hydrogen-bond donors (Lipinski definition) is 2. The Morgan fingerprint density at radius 2 is 1.88 bits per heavy atom. The summed E-state index contributed by atoms with van der Waals surface area (Å²) in [5.74, 6) is 0.225. The molecule has 0 spiro atoms. The van der Waals surface area contributed by atoms with Crippen LogP contribution >= 0.6 is 12.4 Å². The molecule has 0 heterocycles. The van der Waals surface area contributed by atoms with E-state index in [9.17, 15) is 0 Å². The molecule has 0 aliphatic heterocycles. The highest BCUT2D eigenvalue weighted by molar-refractivity contribution is 5.85. The zero-order valence-corrected chi connectivity index (χ0v) is 5.32. The third-order valence-corrected chi connectivity index (χ3v) is 0.879. The number of guanidine groups is 1. The summed E-state index contributed by atoms with van der Waals surface area (Å²) in [5, 5.41) is 0. The van der Waals surface area contributed by atoms with E-state index in [1.165, 1.54) is 0 Å². The summed E-state index contributed by atoms with van der Waals surface area (Å²) in [7, 11) is 0. The van der Waals surface area contributed by atoms with Crippen LogP contribution in [0.5, 0.6) is 0 Å². The van der Waals surface area contributed by atoms with E-state index < -0.39 is 0 Å². The molecular weight excluding hydrogens is 126 g/mol. The van der Waals surface area contributed by atoms with Gasteiger partial charge in [-0.05, 0) is 12.8 Å². The third-order valence-electron chi connectivity index (χ3n) is 0.879. The van der Waals surface area contributed by atoms with Crippen LogP contribution in [-0.2, 0) is 0 Å². The topological polar surface area (TPSA) is 64.4 Å². The smallest absolute Gasteiger partial charge is 0.186 e. The van der Waals surface area contributed by atoms with Crippen LogP contribution in [0.2, 0.25) is 0 Å². The monoisotopic (exact) mass is 135 g/mol. The van der Waals surface area contributed by atoms with Gasteiger partial charge in [-0.1, -0.05) is 0 Å². The maximum Gasteiger partial charge on any atom is 0.186 e. The summed E-state index contributed by atoms with van der Waals surface area (Å²) in [4.78, 5) is 3.86. The summed E-state index contributed by atoms with van der Waals surface area (Å²) in [6.45, 7) is 0. The molecule has 0 unspecified atom stereocenters. The molecule has 1 fully saturated rings. The van der Waals surface area contributed by atoms with Crippen LogP contribution < -0.4 is 11.5 Å². The second-order valence-corrected chi connectivity index (χ2v) is 1.79. The number of aliphatic imine (C=N–C) groups is 1. The van der Waals surface area contributed by atoms with E-state index in [-0.39, 0.29) is 18.4 Å². The Bertz CT molecular complexity index is 93.5. The van der Waals surface area contributed by atoms with Gasteiger partial charge in [-0.3, -0.25) is 4.99 Å². The number of halogens is 1. The van der Waals surface area contributed by atoms with Crippen molar-refractivity contribution in [2.24, 2.45) is 16.5 Å². The quantitative estimate of drug-likeness (QED) is 0.388. The molecule has 0 atom stereocenters. The van der Waals surface area contributed by atoms with E-state index in [0.29, 0.717) is 6.04 Å². The molecular formula is C4H10ClN3. The fourth-order valence-corrected chi connectivity index (χ4v) is 0.414. The lowest BCUT2D eigenvalue weighted by Gasteiger charge is -1.84. The van der Waals surface area contributed by atoms with Gasteiger partial charge in [-0.15, -0.1) is 12.4 Å². The van der Waals surface area contributed by atoms with E-state index in [4.69, 9.17) is 11.5 Å². The molecule has 0 saturated heterocycles. The molecule has 8 heavy (non-hydrogen) atoms. The Kier molecular flexibility index (Phi) is 2.62. The number of hydrogen-bond acceptors (Lipinski definition) is 1. The number of rotatable bonds is 1. The Morgan fingerprint density at radius 1 is 1.38 bits per heavy atom. The molecule has 1 aliphatic rings. The van der Waals surface area contributed by atoms with Gasteiger partial charge >= 0.3 is 0 Å². The second-order valence-electron chi connectivity index (χ2n) is 1.79. The molecule has 4 N–H and O–H groups in total. The predicted molar refractivity (Wildman–Crippen MR) is 36.1 cm³/mol. The van der Waals surface area contributed by atoms with Crippen LogP contribution in [-0.4, -0.2) is 12.0 Å². The number of nitrogens with zero attached hydrogens (tertiary/aromatic N) is 1. The van der Waals surface area contributed by atoms with Crippen molar-refractivity contribution in [3.63, 3.8) is 0 Å². The highest BCUT2D eigenvalue weighted by atomic mass is 35.5. The average molecular weight is 136 g/mol. The summed E-state index contributed by atoms with van der Waals surface area (Å²) < 4.78 is 0. The SMILES string of the molecule is Cl.NC(N)=NC1CC1. The maximum absolute atomic E-state index is 5.06. The fourth-order valence-electron chi connectivity index (χ4n) is 0.414. The Morgan fingerprint density at radius 3 is 2.00 bits per heavy atom. The molecule has 0 aromatic heterocycles. The fraction of sp³-hybridized carbons (Fsp3) is 0.750. The standard InChI is InChI=1S/C4H9N3.ClH/c5-4(6)7-3-1-2-3;/h3H,1-2H2,(H4,5,6,7);1H. The first-order chi connectivity index (χ1) is 3.29. The van der Waals surface area contributed by atoms with Crippen molar-refractivity contribution in [2.45, 2.75) is 18.9 Å². The van der Waals surface area contributed by atoms with Gasteiger partial charge in [0, 0.05) is 0 Å². The van der Waals surface area contributed by atoms with E-state index in [2.05, 4.69) is 4.99 Å². The van der Waals surface area contributed by atoms with Gasteiger partial charge < -0.3 is 11.5 Å². The summed E-state index contributed by atoms with van der Waals surface area (Å²) >= 11 is 0. The Labute approximate surface area is 54.6 Å². The highest BCUT2D eigenvalue weighted by Gasteiger charge is 2.19. The normalized spacial score (nSPS) is 16.5. The predicted octanol–water partition coefficient (Wildman–Crippen LogP) is -0.156. The average Bonchev–Trinajstić information content (AvgIpc) is 2.17. The first-order valence-electron chi connectivity index (χ1n) is 2.38. The third kappa shape index (κ3) is 2.69. The minimum absolute atomic E-state index is 0. The molecule has 48 valence electrons.